The van der Waals surface area contributed by atoms with Gasteiger partial charge in [0.1, 0.15) is 11.5 Å². The number of halogens is 3. The molecule has 1 fully saturated rings. The zero-order valence-corrected chi connectivity index (χ0v) is 15.4. The van der Waals surface area contributed by atoms with Crippen molar-refractivity contribution in [3.63, 3.8) is 0 Å². The van der Waals surface area contributed by atoms with Gasteiger partial charge >= 0.3 is 6.18 Å². The zero-order chi connectivity index (χ0) is 20.1. The summed E-state index contributed by atoms with van der Waals surface area (Å²) in [4.78, 5) is 16.2. The molecule has 0 atom stereocenters. The Morgan fingerprint density at radius 1 is 1.00 bits per heavy atom. The van der Waals surface area contributed by atoms with Crippen LogP contribution in [0.25, 0.3) is 0 Å². The molecule has 0 radical (unpaired) electrons. The molecule has 0 saturated carbocycles. The molecule has 0 bridgehead atoms. The lowest BCUT2D eigenvalue weighted by Crippen LogP contribution is -2.50. The van der Waals surface area contributed by atoms with Crippen LogP contribution in [0.4, 0.5) is 18.9 Å². The summed E-state index contributed by atoms with van der Waals surface area (Å²) >= 11 is 0. The Morgan fingerprint density at radius 3 is 2.25 bits per heavy atom. The van der Waals surface area contributed by atoms with Crippen LogP contribution in [0, 0.1) is 0 Å². The molecule has 2 aromatic rings. The average molecular weight is 394 g/mol. The van der Waals surface area contributed by atoms with E-state index in [9.17, 15) is 18.0 Å². The summed E-state index contributed by atoms with van der Waals surface area (Å²) in [5.74, 6) is 0.821. The van der Waals surface area contributed by atoms with E-state index in [2.05, 4.69) is 4.90 Å². The van der Waals surface area contributed by atoms with Crippen LogP contribution in [-0.2, 0) is 11.0 Å². The van der Waals surface area contributed by atoms with Crippen LogP contribution in [0.5, 0.6) is 11.5 Å². The number of para-hydroxylation sites is 2. The fourth-order valence-corrected chi connectivity index (χ4v) is 3.06. The molecule has 150 valence electrons. The number of carbonyl (C=O) groups excluding carboxylic acids is 1. The average Bonchev–Trinajstić information content (AvgIpc) is 2.71. The molecule has 1 heterocycles. The van der Waals surface area contributed by atoms with E-state index in [1.807, 2.05) is 24.3 Å². The smallest absolute Gasteiger partial charge is 0.416 e. The van der Waals surface area contributed by atoms with Crippen molar-refractivity contribution in [2.45, 2.75) is 6.18 Å². The quantitative estimate of drug-likeness (QED) is 0.779. The Labute approximate surface area is 161 Å². The summed E-state index contributed by atoms with van der Waals surface area (Å²) in [6, 6.07) is 12.0. The Balaban J connectivity index is 1.50. The molecule has 0 unspecified atom stereocenters. The number of hydrogen-bond acceptors (Lipinski definition) is 4. The van der Waals surface area contributed by atoms with Gasteiger partial charge in [-0.1, -0.05) is 12.1 Å². The highest BCUT2D eigenvalue weighted by Gasteiger charge is 2.30. The van der Waals surface area contributed by atoms with Crippen LogP contribution in [0.2, 0.25) is 0 Å². The van der Waals surface area contributed by atoms with E-state index in [-0.39, 0.29) is 18.3 Å². The van der Waals surface area contributed by atoms with Crippen LogP contribution in [0.1, 0.15) is 5.56 Å². The normalized spacial score (nSPS) is 14.7. The second-order valence-electron chi connectivity index (χ2n) is 6.35. The Kier molecular flexibility index (Phi) is 5.96. The highest BCUT2D eigenvalue weighted by atomic mass is 19.4. The van der Waals surface area contributed by atoms with E-state index in [1.54, 1.807) is 12.0 Å². The molecule has 0 spiro atoms. The van der Waals surface area contributed by atoms with E-state index in [0.717, 1.165) is 23.6 Å². The van der Waals surface area contributed by atoms with E-state index >= 15 is 0 Å². The number of amides is 1. The summed E-state index contributed by atoms with van der Waals surface area (Å²) in [6.45, 7) is 2.18. The van der Waals surface area contributed by atoms with Crippen molar-refractivity contribution in [1.29, 1.82) is 0 Å². The summed E-state index contributed by atoms with van der Waals surface area (Å²) in [7, 11) is 1.62. The van der Waals surface area contributed by atoms with E-state index in [0.29, 0.717) is 26.2 Å². The van der Waals surface area contributed by atoms with Gasteiger partial charge in [0.2, 0.25) is 0 Å². The van der Waals surface area contributed by atoms with Gasteiger partial charge in [0.15, 0.2) is 6.61 Å². The maximum Gasteiger partial charge on any atom is 0.416 e. The van der Waals surface area contributed by atoms with Crippen LogP contribution in [0.3, 0.4) is 0 Å². The molecule has 1 aliphatic rings. The third-order valence-corrected chi connectivity index (χ3v) is 4.60. The Hall–Kier alpha value is -2.90. The van der Waals surface area contributed by atoms with Crippen LogP contribution < -0.4 is 14.4 Å². The van der Waals surface area contributed by atoms with Crippen LogP contribution >= 0.6 is 0 Å². The number of methoxy groups -OCH3 is 1. The number of ether oxygens (including phenoxy) is 2. The van der Waals surface area contributed by atoms with E-state index < -0.39 is 11.7 Å². The predicted molar refractivity (Wildman–Crippen MR) is 98.7 cm³/mol. The summed E-state index contributed by atoms with van der Waals surface area (Å²) < 4.78 is 48.4. The third kappa shape index (κ3) is 4.68. The van der Waals surface area contributed by atoms with Crippen LogP contribution in [-0.4, -0.2) is 50.7 Å². The lowest BCUT2D eigenvalue weighted by atomic mass is 10.2. The Bertz CT molecular complexity index is 801. The first-order valence-corrected chi connectivity index (χ1v) is 8.84. The highest BCUT2D eigenvalue weighted by molar-refractivity contribution is 5.78. The summed E-state index contributed by atoms with van der Waals surface area (Å²) in [5, 5.41) is 0. The molecule has 3 rings (SSSR count). The van der Waals surface area contributed by atoms with Crippen molar-refractivity contribution >= 4 is 11.6 Å². The maximum atomic E-state index is 12.6. The Morgan fingerprint density at radius 2 is 1.64 bits per heavy atom. The highest BCUT2D eigenvalue weighted by Crippen LogP contribution is 2.30. The lowest BCUT2D eigenvalue weighted by molar-refractivity contribution is -0.137. The largest absolute Gasteiger partial charge is 0.495 e. The maximum absolute atomic E-state index is 12.6. The van der Waals surface area contributed by atoms with Gasteiger partial charge in [-0.2, -0.15) is 13.2 Å². The minimum absolute atomic E-state index is 0.195. The second kappa shape index (κ2) is 8.41. The standard InChI is InChI=1S/C20H21F3N2O3/c1-27-18-5-3-2-4-17(18)24-10-12-25(13-11-24)19(26)14-28-16-8-6-15(7-9-16)20(21,22)23/h2-9H,10-14H2,1H3. The molecule has 1 saturated heterocycles. The molecule has 5 nitrogen and oxygen atoms in total. The summed E-state index contributed by atoms with van der Waals surface area (Å²) in [5.41, 5.74) is 0.233. The van der Waals surface area contributed by atoms with Gasteiger partial charge in [-0.3, -0.25) is 4.79 Å². The minimum atomic E-state index is -4.39. The minimum Gasteiger partial charge on any atom is -0.495 e. The fourth-order valence-electron chi connectivity index (χ4n) is 3.06. The molecule has 28 heavy (non-hydrogen) atoms. The number of benzene rings is 2. The van der Waals surface area contributed by atoms with Crippen molar-refractivity contribution in [2.24, 2.45) is 0 Å². The predicted octanol–water partition coefficient (Wildman–Crippen LogP) is 3.44. The number of rotatable bonds is 5. The van der Waals surface area contributed by atoms with Gasteiger partial charge < -0.3 is 19.3 Å². The number of piperazine rings is 1. The fraction of sp³-hybridized carbons (Fsp3) is 0.350. The number of anilines is 1. The third-order valence-electron chi connectivity index (χ3n) is 4.60. The topological polar surface area (TPSA) is 42.0 Å². The zero-order valence-electron chi connectivity index (χ0n) is 15.4. The molecule has 0 aromatic heterocycles. The van der Waals surface area contributed by atoms with Gasteiger partial charge in [0.05, 0.1) is 18.4 Å². The van der Waals surface area contributed by atoms with Gasteiger partial charge in [-0.25, -0.2) is 0 Å². The molecule has 8 heteroatoms. The van der Waals surface area contributed by atoms with Crippen molar-refractivity contribution in [3.05, 3.63) is 54.1 Å². The SMILES string of the molecule is COc1ccccc1N1CCN(C(=O)COc2ccc(C(F)(F)F)cc2)CC1. The van der Waals surface area contributed by atoms with Gasteiger partial charge in [0, 0.05) is 26.2 Å². The van der Waals surface area contributed by atoms with Crippen molar-refractivity contribution < 1.29 is 27.4 Å². The number of alkyl halides is 3. The number of hydrogen-bond donors (Lipinski definition) is 0. The monoisotopic (exact) mass is 394 g/mol. The first-order valence-electron chi connectivity index (χ1n) is 8.84. The first-order chi connectivity index (χ1) is 13.4. The second-order valence-corrected chi connectivity index (χ2v) is 6.35. The molecular weight excluding hydrogens is 373 g/mol. The van der Waals surface area contributed by atoms with Crippen molar-refractivity contribution in [1.82, 2.24) is 4.90 Å². The first kappa shape index (κ1) is 19.9. The van der Waals surface area contributed by atoms with E-state index in [1.165, 1.54) is 12.1 Å². The molecule has 1 amide bonds. The van der Waals surface area contributed by atoms with Gasteiger partial charge in [-0.15, -0.1) is 0 Å². The van der Waals surface area contributed by atoms with Crippen molar-refractivity contribution in [3.8, 4) is 11.5 Å². The van der Waals surface area contributed by atoms with Gasteiger partial charge in [-0.05, 0) is 36.4 Å². The summed E-state index contributed by atoms with van der Waals surface area (Å²) in [6.07, 6.45) is -4.39. The lowest BCUT2D eigenvalue weighted by Gasteiger charge is -2.36. The van der Waals surface area contributed by atoms with Crippen LogP contribution in [0.15, 0.2) is 48.5 Å². The number of nitrogens with zero attached hydrogens (tertiary/aromatic N) is 2. The number of carbonyl (C=O) groups is 1. The molecule has 1 aliphatic heterocycles. The van der Waals surface area contributed by atoms with Crippen molar-refractivity contribution in [2.75, 3.05) is 44.8 Å². The molecule has 0 aliphatic carbocycles. The molecule has 0 N–H and O–H groups in total. The van der Waals surface area contributed by atoms with Gasteiger partial charge in [0.25, 0.3) is 5.91 Å². The molecule has 2 aromatic carbocycles. The molecular formula is C20H21F3N2O3. The van der Waals surface area contributed by atoms with E-state index in [4.69, 9.17) is 9.47 Å².